The first-order chi connectivity index (χ1) is 10.2. The first kappa shape index (κ1) is 20.3. The minimum atomic E-state index is -3.92. The summed E-state index contributed by atoms with van der Waals surface area (Å²) in [5.41, 5.74) is 0. The Morgan fingerprint density at radius 2 is 1.74 bits per heavy atom. The zero-order valence-electron chi connectivity index (χ0n) is 12.8. The number of benzene rings is 1. The second-order valence-electron chi connectivity index (χ2n) is 5.43. The van der Waals surface area contributed by atoms with Crippen LogP contribution in [0.5, 0.6) is 0 Å². The standard InChI is InChI=1S/C13H21N3O4S2.ClH/c1-15-10-11-5-7-16(8-6-11)22(19,20)13-4-2-3-12(9-13)21(14,17)18;/h2-4,9,11,15H,5-8,10H2,1H3,(H2,14,17,18);1H. The van der Waals surface area contributed by atoms with Crippen molar-refractivity contribution in [1.29, 1.82) is 0 Å². The summed E-state index contributed by atoms with van der Waals surface area (Å²) >= 11 is 0. The van der Waals surface area contributed by atoms with E-state index >= 15 is 0 Å². The van der Waals surface area contributed by atoms with Crippen molar-refractivity contribution in [3.05, 3.63) is 24.3 Å². The number of nitrogens with two attached hydrogens (primary N) is 1. The quantitative estimate of drug-likeness (QED) is 0.763. The van der Waals surface area contributed by atoms with Gasteiger partial charge in [0.2, 0.25) is 20.0 Å². The fourth-order valence-electron chi connectivity index (χ4n) is 2.60. The molecule has 1 fully saturated rings. The van der Waals surface area contributed by atoms with Gasteiger partial charge in [0.15, 0.2) is 0 Å². The zero-order valence-corrected chi connectivity index (χ0v) is 15.3. The highest BCUT2D eigenvalue weighted by Gasteiger charge is 2.29. The molecule has 10 heteroatoms. The van der Waals surface area contributed by atoms with E-state index in [1.54, 1.807) is 0 Å². The molecule has 3 N–H and O–H groups in total. The average molecular weight is 384 g/mol. The number of sulfonamides is 2. The summed E-state index contributed by atoms with van der Waals surface area (Å²) in [5.74, 6) is 0.465. The van der Waals surface area contributed by atoms with Gasteiger partial charge in [0.25, 0.3) is 0 Å². The van der Waals surface area contributed by atoms with Crippen LogP contribution in [0.4, 0.5) is 0 Å². The second kappa shape index (κ2) is 7.91. The summed E-state index contributed by atoms with van der Waals surface area (Å²) < 4.78 is 49.3. The van der Waals surface area contributed by atoms with Crippen LogP contribution in [0.1, 0.15) is 12.8 Å². The SMILES string of the molecule is CNCC1CCN(S(=O)(=O)c2cccc(S(N)(=O)=O)c2)CC1.Cl. The van der Waals surface area contributed by atoms with E-state index in [0.29, 0.717) is 19.0 Å². The van der Waals surface area contributed by atoms with Gasteiger partial charge in [-0.25, -0.2) is 22.0 Å². The van der Waals surface area contributed by atoms with Gasteiger partial charge in [-0.3, -0.25) is 0 Å². The molecule has 1 aromatic carbocycles. The van der Waals surface area contributed by atoms with Crippen LogP contribution < -0.4 is 10.5 Å². The van der Waals surface area contributed by atoms with E-state index in [1.807, 2.05) is 7.05 Å². The molecule has 0 saturated carbocycles. The third kappa shape index (κ3) is 4.88. The Kier molecular flexibility index (Phi) is 6.99. The topological polar surface area (TPSA) is 110 Å². The van der Waals surface area contributed by atoms with Crippen molar-refractivity contribution in [2.45, 2.75) is 22.6 Å². The molecule has 2 rings (SSSR count). The van der Waals surface area contributed by atoms with E-state index in [-0.39, 0.29) is 22.2 Å². The van der Waals surface area contributed by atoms with Gasteiger partial charge < -0.3 is 5.32 Å². The van der Waals surface area contributed by atoms with E-state index in [9.17, 15) is 16.8 Å². The first-order valence-corrected chi connectivity index (χ1v) is 10.0. The van der Waals surface area contributed by atoms with Crippen LogP contribution in [0.3, 0.4) is 0 Å². The smallest absolute Gasteiger partial charge is 0.243 e. The minimum Gasteiger partial charge on any atom is -0.319 e. The number of hydrogen-bond acceptors (Lipinski definition) is 5. The van der Waals surface area contributed by atoms with Crippen LogP contribution in [0.25, 0.3) is 0 Å². The maximum Gasteiger partial charge on any atom is 0.243 e. The summed E-state index contributed by atoms with van der Waals surface area (Å²) in [6.45, 7) is 1.75. The molecule has 0 unspecified atom stereocenters. The summed E-state index contributed by atoms with van der Waals surface area (Å²) in [6, 6.07) is 5.18. The molecule has 0 spiro atoms. The number of nitrogens with one attached hydrogen (secondary N) is 1. The number of piperidine rings is 1. The number of rotatable bonds is 5. The van der Waals surface area contributed by atoms with E-state index in [0.717, 1.165) is 25.5 Å². The van der Waals surface area contributed by atoms with Crippen molar-refractivity contribution >= 4 is 32.5 Å². The molecule has 23 heavy (non-hydrogen) atoms. The summed E-state index contributed by atoms with van der Waals surface area (Å²) in [4.78, 5) is -0.232. The zero-order chi connectivity index (χ0) is 16.4. The molecule has 1 aromatic rings. The van der Waals surface area contributed by atoms with Crippen molar-refractivity contribution in [1.82, 2.24) is 9.62 Å². The Balaban J connectivity index is 0.00000264. The third-order valence-corrected chi connectivity index (χ3v) is 6.64. The largest absolute Gasteiger partial charge is 0.319 e. The minimum absolute atomic E-state index is 0. The molecule has 1 heterocycles. The monoisotopic (exact) mass is 383 g/mol. The van der Waals surface area contributed by atoms with E-state index in [4.69, 9.17) is 5.14 Å². The normalized spacial score (nSPS) is 17.7. The predicted molar refractivity (Wildman–Crippen MR) is 90.5 cm³/mol. The highest BCUT2D eigenvalue weighted by Crippen LogP contribution is 2.24. The van der Waals surface area contributed by atoms with Gasteiger partial charge in [0, 0.05) is 13.1 Å². The number of nitrogens with zero attached hydrogens (tertiary/aromatic N) is 1. The molecule has 0 aliphatic carbocycles. The number of hydrogen-bond donors (Lipinski definition) is 2. The third-order valence-electron chi connectivity index (χ3n) is 3.84. The van der Waals surface area contributed by atoms with E-state index in [1.165, 1.54) is 22.5 Å². The molecule has 0 aromatic heterocycles. The molecule has 1 saturated heterocycles. The van der Waals surface area contributed by atoms with Gasteiger partial charge >= 0.3 is 0 Å². The molecule has 1 aliphatic rings. The predicted octanol–water partition coefficient (Wildman–Crippen LogP) is 0.376. The molecular weight excluding hydrogens is 362 g/mol. The lowest BCUT2D eigenvalue weighted by Gasteiger charge is -2.31. The highest BCUT2D eigenvalue weighted by atomic mass is 35.5. The lowest BCUT2D eigenvalue weighted by Crippen LogP contribution is -2.40. The summed E-state index contributed by atoms with van der Waals surface area (Å²) in [5, 5.41) is 8.15. The van der Waals surface area contributed by atoms with Gasteiger partial charge in [-0.1, -0.05) is 6.07 Å². The Labute approximate surface area is 143 Å². The van der Waals surface area contributed by atoms with Crippen molar-refractivity contribution in [3.63, 3.8) is 0 Å². The van der Waals surface area contributed by atoms with Gasteiger partial charge in [0.05, 0.1) is 9.79 Å². The Hall–Kier alpha value is -0.710. The second-order valence-corrected chi connectivity index (χ2v) is 8.92. The average Bonchev–Trinajstić information content (AvgIpc) is 2.47. The van der Waals surface area contributed by atoms with E-state index < -0.39 is 20.0 Å². The molecule has 0 radical (unpaired) electrons. The molecule has 0 bridgehead atoms. The number of halogens is 1. The van der Waals surface area contributed by atoms with Gasteiger partial charge in [-0.15, -0.1) is 12.4 Å². The van der Waals surface area contributed by atoms with Crippen LogP contribution in [0, 0.1) is 5.92 Å². The van der Waals surface area contributed by atoms with Gasteiger partial charge in [-0.2, -0.15) is 4.31 Å². The van der Waals surface area contributed by atoms with Crippen LogP contribution in [0.15, 0.2) is 34.1 Å². The Morgan fingerprint density at radius 1 is 1.17 bits per heavy atom. The lowest BCUT2D eigenvalue weighted by molar-refractivity contribution is 0.270. The number of primary sulfonamides is 1. The first-order valence-electron chi connectivity index (χ1n) is 7.03. The van der Waals surface area contributed by atoms with Gasteiger partial charge in [0.1, 0.15) is 0 Å². The molecule has 132 valence electrons. The molecular formula is C13H22ClN3O4S2. The Morgan fingerprint density at radius 3 is 2.26 bits per heavy atom. The molecule has 7 nitrogen and oxygen atoms in total. The maximum absolute atomic E-state index is 12.6. The lowest BCUT2D eigenvalue weighted by atomic mass is 9.98. The van der Waals surface area contributed by atoms with E-state index in [2.05, 4.69) is 5.32 Å². The van der Waals surface area contributed by atoms with Crippen LogP contribution >= 0.6 is 12.4 Å². The van der Waals surface area contributed by atoms with Crippen molar-refractivity contribution in [3.8, 4) is 0 Å². The van der Waals surface area contributed by atoms with Crippen LogP contribution in [-0.2, 0) is 20.0 Å². The molecule has 0 amide bonds. The van der Waals surface area contributed by atoms with Crippen molar-refractivity contribution in [2.75, 3.05) is 26.7 Å². The maximum atomic E-state index is 12.6. The highest BCUT2D eigenvalue weighted by molar-refractivity contribution is 7.90. The van der Waals surface area contributed by atoms with Crippen molar-refractivity contribution in [2.24, 2.45) is 11.1 Å². The molecule has 1 aliphatic heterocycles. The van der Waals surface area contributed by atoms with Crippen LogP contribution in [-0.4, -0.2) is 47.8 Å². The van der Waals surface area contributed by atoms with Gasteiger partial charge in [-0.05, 0) is 50.6 Å². The fraction of sp³-hybridized carbons (Fsp3) is 0.538. The Bertz CT molecular complexity index is 729. The van der Waals surface area contributed by atoms with Crippen LogP contribution in [0.2, 0.25) is 0 Å². The molecule has 0 atom stereocenters. The summed E-state index contributed by atoms with van der Waals surface area (Å²) in [7, 11) is -5.74. The fourth-order valence-corrected chi connectivity index (χ4v) is 4.75. The van der Waals surface area contributed by atoms with Crippen molar-refractivity contribution < 1.29 is 16.8 Å². The summed E-state index contributed by atoms with van der Waals surface area (Å²) in [6.07, 6.45) is 1.57.